The van der Waals surface area contributed by atoms with Crippen LogP contribution in [0, 0.1) is 0 Å². The van der Waals surface area contributed by atoms with E-state index >= 15 is 0 Å². The molecule has 104 valence electrons. The summed E-state index contributed by atoms with van der Waals surface area (Å²) in [6.07, 6.45) is 4.98. The van der Waals surface area contributed by atoms with Gasteiger partial charge in [0, 0.05) is 25.5 Å². The van der Waals surface area contributed by atoms with Gasteiger partial charge in [0.25, 0.3) is 0 Å². The van der Waals surface area contributed by atoms with Crippen LogP contribution in [0.4, 0.5) is 0 Å². The number of rotatable bonds is 4. The molecule has 0 bridgehead atoms. The first kappa shape index (κ1) is 13.8. The van der Waals surface area contributed by atoms with Gasteiger partial charge in [0.15, 0.2) is 15.8 Å². The predicted molar refractivity (Wildman–Crippen MR) is 73.5 cm³/mol. The Morgan fingerprint density at radius 1 is 1.58 bits per heavy atom. The lowest BCUT2D eigenvalue weighted by Gasteiger charge is -2.16. The second kappa shape index (κ2) is 5.16. The topological polar surface area (TPSA) is 88.7 Å². The average molecular weight is 282 g/mol. The van der Waals surface area contributed by atoms with Gasteiger partial charge in [0.05, 0.1) is 17.1 Å². The Bertz CT molecular complexity index is 594. The summed E-state index contributed by atoms with van der Waals surface area (Å²) < 4.78 is 23.2. The number of hydrogen-bond acceptors (Lipinski definition) is 4. The molecule has 0 amide bonds. The first-order valence-electron chi connectivity index (χ1n) is 6.06. The number of pyridine rings is 1. The smallest absolute Gasteiger partial charge is 0.191 e. The SMILES string of the molecule is CN(C(N)=NCc1ncccc1S(C)(=O)=O)C1CC1. The molecule has 0 unspecified atom stereocenters. The fourth-order valence-corrected chi connectivity index (χ4v) is 2.67. The monoisotopic (exact) mass is 282 g/mol. The zero-order chi connectivity index (χ0) is 14.0. The molecule has 0 aromatic carbocycles. The summed E-state index contributed by atoms with van der Waals surface area (Å²) >= 11 is 0. The van der Waals surface area contributed by atoms with E-state index < -0.39 is 9.84 Å². The zero-order valence-corrected chi connectivity index (χ0v) is 11.9. The van der Waals surface area contributed by atoms with Gasteiger partial charge >= 0.3 is 0 Å². The normalized spacial score (nSPS) is 16.4. The van der Waals surface area contributed by atoms with Gasteiger partial charge in [0.2, 0.25) is 0 Å². The van der Waals surface area contributed by atoms with Crippen molar-refractivity contribution in [2.75, 3.05) is 13.3 Å². The molecule has 1 saturated carbocycles. The zero-order valence-electron chi connectivity index (χ0n) is 11.1. The Morgan fingerprint density at radius 2 is 2.26 bits per heavy atom. The predicted octanol–water partition coefficient (Wildman–Crippen LogP) is 0.394. The summed E-state index contributed by atoms with van der Waals surface area (Å²) in [4.78, 5) is 10.4. The van der Waals surface area contributed by atoms with Crippen LogP contribution in [0.1, 0.15) is 18.5 Å². The summed E-state index contributed by atoms with van der Waals surface area (Å²) in [6.45, 7) is 0.173. The van der Waals surface area contributed by atoms with Crippen molar-refractivity contribution in [3.63, 3.8) is 0 Å². The molecule has 0 aliphatic heterocycles. The van der Waals surface area contributed by atoms with Crippen LogP contribution in [0.25, 0.3) is 0 Å². The maximum Gasteiger partial charge on any atom is 0.191 e. The molecule has 19 heavy (non-hydrogen) atoms. The summed E-state index contributed by atoms with van der Waals surface area (Å²) in [5.41, 5.74) is 6.29. The molecule has 1 aromatic heterocycles. The maximum atomic E-state index is 11.6. The van der Waals surface area contributed by atoms with Gasteiger partial charge in [-0.15, -0.1) is 0 Å². The Balaban J connectivity index is 2.17. The van der Waals surface area contributed by atoms with Gasteiger partial charge < -0.3 is 10.6 Å². The number of hydrogen-bond donors (Lipinski definition) is 1. The minimum absolute atomic E-state index is 0.173. The lowest BCUT2D eigenvalue weighted by Crippen LogP contribution is -2.35. The van der Waals surface area contributed by atoms with E-state index in [1.54, 1.807) is 12.3 Å². The third kappa shape index (κ3) is 3.44. The first-order valence-corrected chi connectivity index (χ1v) is 7.95. The van der Waals surface area contributed by atoms with Crippen LogP contribution in [0.3, 0.4) is 0 Å². The molecule has 1 fully saturated rings. The van der Waals surface area contributed by atoms with Crippen molar-refractivity contribution >= 4 is 15.8 Å². The summed E-state index contributed by atoms with van der Waals surface area (Å²) in [5, 5.41) is 0. The lowest BCUT2D eigenvalue weighted by molar-refractivity contribution is 0.487. The van der Waals surface area contributed by atoms with Crippen molar-refractivity contribution in [1.82, 2.24) is 9.88 Å². The van der Waals surface area contributed by atoms with E-state index in [1.165, 1.54) is 6.07 Å². The fourth-order valence-electron chi connectivity index (χ4n) is 1.80. The molecule has 6 nitrogen and oxygen atoms in total. The number of aliphatic imine (C=N–C) groups is 1. The highest BCUT2D eigenvalue weighted by Crippen LogP contribution is 2.25. The van der Waals surface area contributed by atoms with Crippen molar-refractivity contribution in [3.8, 4) is 0 Å². The van der Waals surface area contributed by atoms with E-state index in [0.29, 0.717) is 17.7 Å². The van der Waals surface area contributed by atoms with Gasteiger partial charge in [-0.2, -0.15) is 0 Å². The minimum atomic E-state index is -3.29. The number of aromatic nitrogens is 1. The molecule has 1 aromatic rings. The molecular formula is C12H18N4O2S. The Kier molecular flexibility index (Phi) is 3.75. The quantitative estimate of drug-likeness (QED) is 0.637. The number of nitrogens with zero attached hydrogens (tertiary/aromatic N) is 3. The van der Waals surface area contributed by atoms with Gasteiger partial charge in [-0.1, -0.05) is 0 Å². The molecule has 0 radical (unpaired) electrons. The largest absolute Gasteiger partial charge is 0.370 e. The lowest BCUT2D eigenvalue weighted by atomic mass is 10.3. The average Bonchev–Trinajstić information content (AvgIpc) is 3.18. The van der Waals surface area contributed by atoms with E-state index in [0.717, 1.165) is 19.1 Å². The highest BCUT2D eigenvalue weighted by molar-refractivity contribution is 7.90. The van der Waals surface area contributed by atoms with Crippen LogP contribution in [0.5, 0.6) is 0 Å². The van der Waals surface area contributed by atoms with Crippen LogP contribution in [-0.4, -0.2) is 43.6 Å². The van der Waals surface area contributed by atoms with Crippen LogP contribution in [0.2, 0.25) is 0 Å². The molecule has 0 saturated heterocycles. The fraction of sp³-hybridized carbons (Fsp3) is 0.500. The second-order valence-electron chi connectivity index (χ2n) is 4.74. The van der Waals surface area contributed by atoms with Crippen molar-refractivity contribution in [3.05, 3.63) is 24.0 Å². The van der Waals surface area contributed by atoms with Crippen molar-refractivity contribution in [2.45, 2.75) is 30.3 Å². The summed E-state index contributed by atoms with van der Waals surface area (Å²) in [7, 11) is -1.40. The van der Waals surface area contributed by atoms with Crippen molar-refractivity contribution in [2.24, 2.45) is 10.7 Å². The third-order valence-electron chi connectivity index (χ3n) is 3.09. The van der Waals surface area contributed by atoms with E-state index in [2.05, 4.69) is 9.98 Å². The Hall–Kier alpha value is -1.63. The molecule has 1 heterocycles. The van der Waals surface area contributed by atoms with E-state index in [4.69, 9.17) is 5.73 Å². The van der Waals surface area contributed by atoms with Crippen LogP contribution in [-0.2, 0) is 16.4 Å². The molecule has 2 rings (SSSR count). The highest BCUT2D eigenvalue weighted by Gasteiger charge is 2.27. The van der Waals surface area contributed by atoms with Gasteiger partial charge in [-0.05, 0) is 25.0 Å². The molecule has 7 heteroatoms. The van der Waals surface area contributed by atoms with Gasteiger partial charge in [-0.25, -0.2) is 13.4 Å². The van der Waals surface area contributed by atoms with Crippen molar-refractivity contribution in [1.29, 1.82) is 0 Å². The first-order chi connectivity index (χ1) is 8.89. The number of sulfone groups is 1. The van der Waals surface area contributed by atoms with E-state index in [9.17, 15) is 8.42 Å². The van der Waals surface area contributed by atoms with Crippen molar-refractivity contribution < 1.29 is 8.42 Å². The Labute approximate surface area is 113 Å². The molecule has 0 spiro atoms. The van der Waals surface area contributed by atoms with Gasteiger partial charge in [-0.3, -0.25) is 4.98 Å². The standard InChI is InChI=1S/C12H18N4O2S/c1-16(9-5-6-9)12(13)15-8-10-11(19(2,17)18)4-3-7-14-10/h3-4,7,9H,5-6,8H2,1-2H3,(H2,13,15). The second-order valence-corrected chi connectivity index (χ2v) is 6.72. The highest BCUT2D eigenvalue weighted by atomic mass is 32.2. The third-order valence-corrected chi connectivity index (χ3v) is 4.27. The minimum Gasteiger partial charge on any atom is -0.370 e. The molecule has 2 N–H and O–H groups in total. The number of nitrogens with two attached hydrogens (primary N) is 1. The molecule has 1 aliphatic rings. The van der Waals surface area contributed by atoms with Gasteiger partial charge in [0.1, 0.15) is 0 Å². The molecule has 0 atom stereocenters. The maximum absolute atomic E-state index is 11.6. The Morgan fingerprint density at radius 3 is 2.84 bits per heavy atom. The van der Waals surface area contributed by atoms with Crippen LogP contribution in [0.15, 0.2) is 28.2 Å². The van der Waals surface area contributed by atoms with E-state index in [1.807, 2.05) is 11.9 Å². The summed E-state index contributed by atoms with van der Waals surface area (Å²) in [6, 6.07) is 3.61. The van der Waals surface area contributed by atoms with Crippen LogP contribution >= 0.6 is 0 Å². The molecular weight excluding hydrogens is 264 g/mol. The number of guanidine groups is 1. The molecule has 1 aliphatic carbocycles. The van der Waals surface area contributed by atoms with Crippen LogP contribution < -0.4 is 5.73 Å². The van der Waals surface area contributed by atoms with E-state index in [-0.39, 0.29) is 11.4 Å². The summed E-state index contributed by atoms with van der Waals surface area (Å²) in [5.74, 6) is 0.424.